The molecule has 0 unspecified atom stereocenters. The molecule has 1 aliphatic rings. The molecule has 1 aliphatic heterocycles. The smallest absolute Gasteiger partial charge is 0.246 e. The first-order chi connectivity index (χ1) is 11.9. The molecule has 8 heteroatoms. The maximum absolute atomic E-state index is 12.8. The van der Waals surface area contributed by atoms with Gasteiger partial charge in [-0.1, -0.05) is 30.3 Å². The fourth-order valence-corrected chi connectivity index (χ4v) is 4.48. The number of nitrogens with zero attached hydrogens (tertiary/aromatic N) is 3. The summed E-state index contributed by atoms with van der Waals surface area (Å²) in [4.78, 5) is 14.4. The SMILES string of the molecule is Cc1cc(N2CCC[C@H](NS(=O)(=O)Cc3ccccc3)C2=O)n(C)n1. The van der Waals surface area contributed by atoms with Crippen LogP contribution in [0.15, 0.2) is 36.4 Å². The monoisotopic (exact) mass is 362 g/mol. The number of benzene rings is 1. The Bertz CT molecular complexity index is 861. The van der Waals surface area contributed by atoms with Gasteiger partial charge in [-0.25, -0.2) is 13.1 Å². The van der Waals surface area contributed by atoms with Crippen molar-refractivity contribution in [2.24, 2.45) is 7.05 Å². The highest BCUT2D eigenvalue weighted by Gasteiger charge is 2.33. The summed E-state index contributed by atoms with van der Waals surface area (Å²) in [5.74, 6) is 0.322. The van der Waals surface area contributed by atoms with Gasteiger partial charge in [0.25, 0.3) is 0 Å². The molecule has 1 fully saturated rings. The van der Waals surface area contributed by atoms with Gasteiger partial charge in [0.05, 0.1) is 11.4 Å². The van der Waals surface area contributed by atoms with E-state index in [2.05, 4.69) is 9.82 Å². The number of rotatable bonds is 5. The van der Waals surface area contributed by atoms with Gasteiger partial charge in [0, 0.05) is 19.7 Å². The van der Waals surface area contributed by atoms with Gasteiger partial charge in [-0.05, 0) is 25.3 Å². The second-order valence-electron chi connectivity index (χ2n) is 6.31. The summed E-state index contributed by atoms with van der Waals surface area (Å²) in [6.07, 6.45) is 1.23. The molecule has 1 aromatic heterocycles. The van der Waals surface area contributed by atoms with Crippen LogP contribution >= 0.6 is 0 Å². The third-order valence-corrected chi connectivity index (χ3v) is 5.57. The third kappa shape index (κ3) is 4.08. The highest BCUT2D eigenvalue weighted by atomic mass is 32.2. The Morgan fingerprint density at radius 2 is 2.00 bits per heavy atom. The fourth-order valence-electron chi connectivity index (χ4n) is 3.11. The molecular formula is C17H22N4O3S. The van der Waals surface area contributed by atoms with Gasteiger partial charge >= 0.3 is 0 Å². The van der Waals surface area contributed by atoms with E-state index in [1.807, 2.05) is 19.1 Å². The van der Waals surface area contributed by atoms with E-state index < -0.39 is 16.1 Å². The molecule has 1 amide bonds. The van der Waals surface area contributed by atoms with Crippen LogP contribution in [-0.2, 0) is 27.6 Å². The molecule has 1 N–H and O–H groups in total. The first-order valence-electron chi connectivity index (χ1n) is 8.22. The summed E-state index contributed by atoms with van der Waals surface area (Å²) >= 11 is 0. The highest BCUT2D eigenvalue weighted by Crippen LogP contribution is 2.22. The Balaban J connectivity index is 1.74. The number of aryl methyl sites for hydroxylation is 2. The maximum atomic E-state index is 12.8. The molecule has 2 aromatic rings. The number of sulfonamides is 1. The van der Waals surface area contributed by atoms with Crippen molar-refractivity contribution < 1.29 is 13.2 Å². The molecule has 1 atom stereocenters. The quantitative estimate of drug-likeness (QED) is 0.870. The van der Waals surface area contributed by atoms with Crippen LogP contribution in [0.5, 0.6) is 0 Å². The number of hydrogen-bond acceptors (Lipinski definition) is 4. The summed E-state index contributed by atoms with van der Waals surface area (Å²) < 4.78 is 29.1. The van der Waals surface area contributed by atoms with Gasteiger partial charge in [-0.15, -0.1) is 0 Å². The number of amides is 1. The van der Waals surface area contributed by atoms with Gasteiger partial charge in [0.2, 0.25) is 15.9 Å². The number of anilines is 1. The second kappa shape index (κ2) is 6.97. The van der Waals surface area contributed by atoms with Crippen LogP contribution in [-0.4, -0.2) is 36.7 Å². The topological polar surface area (TPSA) is 84.3 Å². The summed E-state index contributed by atoms with van der Waals surface area (Å²) in [5, 5.41) is 4.26. The predicted molar refractivity (Wildman–Crippen MR) is 95.5 cm³/mol. The minimum atomic E-state index is -3.60. The number of hydrogen-bond donors (Lipinski definition) is 1. The van der Waals surface area contributed by atoms with E-state index >= 15 is 0 Å². The van der Waals surface area contributed by atoms with Crippen molar-refractivity contribution in [3.8, 4) is 0 Å². The Morgan fingerprint density at radius 3 is 2.64 bits per heavy atom. The lowest BCUT2D eigenvalue weighted by molar-refractivity contribution is -0.121. The first-order valence-corrected chi connectivity index (χ1v) is 9.87. The molecule has 134 valence electrons. The van der Waals surface area contributed by atoms with Gasteiger partial charge < -0.3 is 0 Å². The fraction of sp³-hybridized carbons (Fsp3) is 0.412. The molecule has 2 heterocycles. The van der Waals surface area contributed by atoms with Crippen molar-refractivity contribution in [2.45, 2.75) is 31.6 Å². The van der Waals surface area contributed by atoms with E-state index in [0.29, 0.717) is 24.3 Å². The van der Waals surface area contributed by atoms with Crippen molar-refractivity contribution in [3.05, 3.63) is 47.7 Å². The number of aromatic nitrogens is 2. The number of piperidine rings is 1. The molecule has 0 spiro atoms. The van der Waals surface area contributed by atoms with E-state index in [9.17, 15) is 13.2 Å². The summed E-state index contributed by atoms with van der Waals surface area (Å²) in [7, 11) is -1.82. The predicted octanol–water partition coefficient (Wildman–Crippen LogP) is 1.34. The lowest BCUT2D eigenvalue weighted by atomic mass is 10.1. The molecule has 0 aliphatic carbocycles. The minimum absolute atomic E-state index is 0.136. The first kappa shape index (κ1) is 17.6. The van der Waals surface area contributed by atoms with Crippen molar-refractivity contribution in [2.75, 3.05) is 11.4 Å². The van der Waals surface area contributed by atoms with E-state index in [1.54, 1.807) is 40.9 Å². The molecular weight excluding hydrogens is 340 g/mol. The highest BCUT2D eigenvalue weighted by molar-refractivity contribution is 7.88. The Morgan fingerprint density at radius 1 is 1.28 bits per heavy atom. The molecule has 0 saturated carbocycles. The van der Waals surface area contributed by atoms with Crippen LogP contribution in [0.3, 0.4) is 0 Å². The van der Waals surface area contributed by atoms with Gasteiger partial charge in [0.15, 0.2) is 0 Å². The molecule has 0 bridgehead atoms. The Hall–Kier alpha value is -2.19. The van der Waals surface area contributed by atoms with Crippen LogP contribution in [0.4, 0.5) is 5.82 Å². The van der Waals surface area contributed by atoms with E-state index in [1.165, 1.54) is 0 Å². The molecule has 25 heavy (non-hydrogen) atoms. The standard InChI is InChI=1S/C17H22N4O3S/c1-13-11-16(20(2)18-13)21-10-6-9-15(17(21)22)19-25(23,24)12-14-7-4-3-5-8-14/h3-5,7-8,11,15,19H,6,9-10,12H2,1-2H3/t15-/m0/s1. The second-order valence-corrected chi connectivity index (χ2v) is 8.07. The van der Waals surface area contributed by atoms with Crippen LogP contribution in [0, 0.1) is 6.92 Å². The van der Waals surface area contributed by atoms with Crippen molar-refractivity contribution in [1.29, 1.82) is 0 Å². The zero-order valence-electron chi connectivity index (χ0n) is 14.3. The van der Waals surface area contributed by atoms with Crippen LogP contribution in [0.25, 0.3) is 0 Å². The lowest BCUT2D eigenvalue weighted by Gasteiger charge is -2.32. The average Bonchev–Trinajstić information content (AvgIpc) is 2.88. The zero-order valence-corrected chi connectivity index (χ0v) is 15.2. The molecule has 0 radical (unpaired) electrons. The van der Waals surface area contributed by atoms with Crippen LogP contribution < -0.4 is 9.62 Å². The summed E-state index contributed by atoms with van der Waals surface area (Å²) in [5.41, 5.74) is 1.51. The maximum Gasteiger partial charge on any atom is 0.246 e. The Kier molecular flexibility index (Phi) is 4.91. The minimum Gasteiger partial charge on any atom is -0.296 e. The molecule has 3 rings (SSSR count). The van der Waals surface area contributed by atoms with Gasteiger partial charge in [-0.3, -0.25) is 14.4 Å². The van der Waals surface area contributed by atoms with Gasteiger partial charge in [0.1, 0.15) is 11.9 Å². The Labute approximate surface area is 147 Å². The summed E-state index contributed by atoms with van der Waals surface area (Å²) in [6, 6.07) is 10.0. The normalized spacial score (nSPS) is 18.6. The van der Waals surface area contributed by atoms with Crippen molar-refractivity contribution in [3.63, 3.8) is 0 Å². The third-order valence-electron chi connectivity index (χ3n) is 4.21. The van der Waals surface area contributed by atoms with E-state index in [-0.39, 0.29) is 11.7 Å². The zero-order chi connectivity index (χ0) is 18.0. The van der Waals surface area contributed by atoms with Crippen molar-refractivity contribution in [1.82, 2.24) is 14.5 Å². The summed E-state index contributed by atoms with van der Waals surface area (Å²) in [6.45, 7) is 2.42. The lowest BCUT2D eigenvalue weighted by Crippen LogP contribution is -2.53. The number of carbonyl (C=O) groups excluding carboxylic acids is 1. The average molecular weight is 362 g/mol. The van der Waals surface area contributed by atoms with Crippen LogP contribution in [0.2, 0.25) is 0 Å². The van der Waals surface area contributed by atoms with Crippen molar-refractivity contribution >= 4 is 21.7 Å². The number of nitrogens with one attached hydrogen (secondary N) is 1. The molecule has 7 nitrogen and oxygen atoms in total. The number of carbonyl (C=O) groups is 1. The molecule has 1 aromatic carbocycles. The van der Waals surface area contributed by atoms with E-state index in [4.69, 9.17) is 0 Å². The van der Waals surface area contributed by atoms with E-state index in [0.717, 1.165) is 12.1 Å². The van der Waals surface area contributed by atoms with Gasteiger partial charge in [-0.2, -0.15) is 5.10 Å². The largest absolute Gasteiger partial charge is 0.296 e. The van der Waals surface area contributed by atoms with Crippen LogP contribution in [0.1, 0.15) is 24.1 Å². The molecule has 1 saturated heterocycles.